The van der Waals surface area contributed by atoms with Gasteiger partial charge >= 0.3 is 0 Å². The second-order valence-electron chi connectivity index (χ2n) is 11.8. The highest BCUT2D eigenvalue weighted by atomic mass is 16.3. The fourth-order valence-electron chi connectivity index (χ4n) is 8.16. The molecule has 0 unspecified atom stereocenters. The molecule has 28 heavy (non-hydrogen) atoms. The maximum Gasteiger partial charge on any atom is 0.0727 e. The van der Waals surface area contributed by atoms with Gasteiger partial charge in [0.1, 0.15) is 0 Å². The van der Waals surface area contributed by atoms with Gasteiger partial charge in [0, 0.05) is 0 Å². The highest BCUT2D eigenvalue weighted by Crippen LogP contribution is 2.66. The SMILES string of the molecule is CC(C)CCC[C@@H](C)[C@H]1CC[C@H]2[C@@H]3C=CC4=C[C@@H](O)CC[C@]4(C)[C@H]3CC[C@]12C. The third-order valence-electron chi connectivity index (χ3n) is 9.84. The van der Waals surface area contributed by atoms with Crippen LogP contribution in [0.2, 0.25) is 0 Å². The van der Waals surface area contributed by atoms with E-state index < -0.39 is 0 Å². The number of allylic oxidation sites excluding steroid dienone is 3. The topological polar surface area (TPSA) is 20.2 Å². The smallest absolute Gasteiger partial charge is 0.0727 e. The Morgan fingerprint density at radius 3 is 2.54 bits per heavy atom. The van der Waals surface area contributed by atoms with Gasteiger partial charge in [0.2, 0.25) is 0 Å². The molecule has 158 valence electrons. The zero-order valence-electron chi connectivity index (χ0n) is 19.1. The zero-order chi connectivity index (χ0) is 20.1. The average Bonchev–Trinajstić information content (AvgIpc) is 2.99. The van der Waals surface area contributed by atoms with Crippen LogP contribution in [0, 0.1) is 46.3 Å². The van der Waals surface area contributed by atoms with Gasteiger partial charge in [-0.15, -0.1) is 0 Å². The molecule has 0 aliphatic heterocycles. The van der Waals surface area contributed by atoms with Crippen LogP contribution in [0.25, 0.3) is 0 Å². The van der Waals surface area contributed by atoms with E-state index in [0.717, 1.165) is 41.9 Å². The molecule has 0 aromatic rings. The highest BCUT2D eigenvalue weighted by molar-refractivity contribution is 5.36. The van der Waals surface area contributed by atoms with Gasteiger partial charge in [0.15, 0.2) is 0 Å². The van der Waals surface area contributed by atoms with Crippen molar-refractivity contribution >= 4 is 0 Å². The van der Waals surface area contributed by atoms with Crippen LogP contribution in [0.15, 0.2) is 23.8 Å². The molecule has 0 saturated heterocycles. The minimum atomic E-state index is -0.222. The van der Waals surface area contributed by atoms with Crippen molar-refractivity contribution in [2.75, 3.05) is 0 Å². The van der Waals surface area contributed by atoms with Crippen molar-refractivity contribution < 1.29 is 5.11 Å². The standard InChI is InChI=1S/C27H44O/c1-18(2)7-6-8-19(3)23-11-12-24-22-10-9-20-17-21(28)13-15-26(20,4)25(22)14-16-27(23,24)5/h9-10,17-19,21-25,28H,6-8,11-16H2,1-5H3/t19-,21+,22+,23-,24+,25+,26+,27-/m1/s1. The molecule has 0 aromatic carbocycles. The van der Waals surface area contributed by atoms with E-state index in [0.29, 0.717) is 10.8 Å². The van der Waals surface area contributed by atoms with E-state index in [4.69, 9.17) is 0 Å². The molecule has 1 heteroatoms. The number of rotatable bonds is 5. The molecule has 1 N–H and O–H groups in total. The fraction of sp³-hybridized carbons (Fsp3) is 0.852. The maximum absolute atomic E-state index is 10.1. The van der Waals surface area contributed by atoms with Crippen LogP contribution < -0.4 is 0 Å². The molecule has 8 atom stereocenters. The lowest BCUT2D eigenvalue weighted by molar-refractivity contribution is -0.0300. The first-order chi connectivity index (χ1) is 13.3. The average molecular weight is 385 g/mol. The second-order valence-corrected chi connectivity index (χ2v) is 11.8. The van der Waals surface area contributed by atoms with Crippen LogP contribution in [0.5, 0.6) is 0 Å². The van der Waals surface area contributed by atoms with Gasteiger partial charge in [-0.1, -0.05) is 72.1 Å². The molecule has 0 bridgehead atoms. The first-order valence-corrected chi connectivity index (χ1v) is 12.3. The molecule has 1 nitrogen and oxygen atoms in total. The van der Waals surface area contributed by atoms with E-state index in [1.807, 2.05) is 0 Å². The molecule has 2 saturated carbocycles. The van der Waals surface area contributed by atoms with Gasteiger partial charge in [-0.25, -0.2) is 0 Å². The zero-order valence-corrected chi connectivity index (χ0v) is 19.1. The lowest BCUT2D eigenvalue weighted by Crippen LogP contribution is -2.49. The van der Waals surface area contributed by atoms with Crippen LogP contribution in [0.4, 0.5) is 0 Å². The summed E-state index contributed by atoms with van der Waals surface area (Å²) in [6.45, 7) is 12.5. The summed E-state index contributed by atoms with van der Waals surface area (Å²) in [6, 6.07) is 0. The van der Waals surface area contributed by atoms with Crippen molar-refractivity contribution in [3.05, 3.63) is 23.8 Å². The van der Waals surface area contributed by atoms with Crippen molar-refractivity contribution in [2.45, 2.75) is 98.5 Å². The van der Waals surface area contributed by atoms with Gasteiger partial charge in [0.05, 0.1) is 6.10 Å². The van der Waals surface area contributed by atoms with Crippen molar-refractivity contribution in [1.29, 1.82) is 0 Å². The lowest BCUT2D eigenvalue weighted by Gasteiger charge is -2.57. The normalized spacial score (nSPS) is 46.0. The van der Waals surface area contributed by atoms with Crippen molar-refractivity contribution in [3.8, 4) is 0 Å². The number of aliphatic hydroxyl groups excluding tert-OH is 1. The molecule has 4 rings (SSSR count). The van der Waals surface area contributed by atoms with E-state index in [2.05, 4.69) is 52.8 Å². The van der Waals surface area contributed by atoms with Crippen LogP contribution in [0.1, 0.15) is 92.4 Å². The summed E-state index contributed by atoms with van der Waals surface area (Å²) in [5.41, 5.74) is 2.29. The molecular weight excluding hydrogens is 340 g/mol. The largest absolute Gasteiger partial charge is 0.389 e. The fourth-order valence-corrected chi connectivity index (χ4v) is 8.16. The van der Waals surface area contributed by atoms with Crippen molar-refractivity contribution in [1.82, 2.24) is 0 Å². The Balaban J connectivity index is 1.52. The van der Waals surface area contributed by atoms with E-state index in [1.165, 1.54) is 56.9 Å². The van der Waals surface area contributed by atoms with Crippen molar-refractivity contribution in [3.63, 3.8) is 0 Å². The number of aliphatic hydroxyl groups is 1. The maximum atomic E-state index is 10.1. The van der Waals surface area contributed by atoms with E-state index in [9.17, 15) is 5.11 Å². The van der Waals surface area contributed by atoms with E-state index in [-0.39, 0.29) is 6.10 Å². The van der Waals surface area contributed by atoms with Gasteiger partial charge < -0.3 is 5.11 Å². The Kier molecular flexibility index (Phi) is 5.62. The number of hydrogen-bond donors (Lipinski definition) is 1. The van der Waals surface area contributed by atoms with Crippen molar-refractivity contribution in [2.24, 2.45) is 46.3 Å². The summed E-state index contributed by atoms with van der Waals surface area (Å²) in [6.07, 6.45) is 19.0. The molecule has 4 aliphatic carbocycles. The summed E-state index contributed by atoms with van der Waals surface area (Å²) in [7, 11) is 0. The summed E-state index contributed by atoms with van der Waals surface area (Å²) in [5.74, 6) is 5.10. The van der Waals surface area contributed by atoms with Gasteiger partial charge in [-0.05, 0) is 90.4 Å². The van der Waals surface area contributed by atoms with Crippen LogP contribution in [-0.4, -0.2) is 11.2 Å². The Hall–Kier alpha value is -0.560. The molecule has 0 radical (unpaired) electrons. The third-order valence-corrected chi connectivity index (χ3v) is 9.84. The van der Waals surface area contributed by atoms with Gasteiger partial charge in [-0.2, -0.15) is 0 Å². The molecule has 0 amide bonds. The minimum Gasteiger partial charge on any atom is -0.389 e. The van der Waals surface area contributed by atoms with E-state index in [1.54, 1.807) is 0 Å². The summed E-state index contributed by atoms with van der Waals surface area (Å²) < 4.78 is 0. The van der Waals surface area contributed by atoms with Gasteiger partial charge in [-0.3, -0.25) is 0 Å². The Morgan fingerprint density at radius 1 is 1.00 bits per heavy atom. The Morgan fingerprint density at radius 2 is 1.79 bits per heavy atom. The third kappa shape index (κ3) is 3.34. The van der Waals surface area contributed by atoms with Gasteiger partial charge in [0.25, 0.3) is 0 Å². The predicted molar refractivity (Wildman–Crippen MR) is 119 cm³/mol. The molecule has 0 aromatic heterocycles. The Labute approximate surface area is 174 Å². The van der Waals surface area contributed by atoms with Crippen LogP contribution >= 0.6 is 0 Å². The molecular formula is C27H44O. The first-order valence-electron chi connectivity index (χ1n) is 12.3. The monoisotopic (exact) mass is 384 g/mol. The van der Waals surface area contributed by atoms with Crippen LogP contribution in [-0.2, 0) is 0 Å². The Bertz CT molecular complexity index is 630. The van der Waals surface area contributed by atoms with Crippen LogP contribution in [0.3, 0.4) is 0 Å². The molecule has 2 fully saturated rings. The second kappa shape index (κ2) is 7.60. The summed E-state index contributed by atoms with van der Waals surface area (Å²) in [5, 5.41) is 10.1. The summed E-state index contributed by atoms with van der Waals surface area (Å²) in [4.78, 5) is 0. The highest BCUT2D eigenvalue weighted by Gasteiger charge is 2.58. The quantitative estimate of drug-likeness (QED) is 0.533. The number of fused-ring (bicyclic) bond motifs is 5. The minimum absolute atomic E-state index is 0.222. The lowest BCUT2D eigenvalue weighted by atomic mass is 9.48. The molecule has 4 aliphatic rings. The predicted octanol–water partition coefficient (Wildman–Crippen LogP) is 7.16. The molecule has 0 heterocycles. The van der Waals surface area contributed by atoms with E-state index >= 15 is 0 Å². The molecule has 0 spiro atoms. The summed E-state index contributed by atoms with van der Waals surface area (Å²) >= 11 is 0. The number of hydrogen-bond acceptors (Lipinski definition) is 1. The first kappa shape index (κ1) is 20.7.